The molecule has 0 fully saturated rings. The Bertz CT molecular complexity index is 932. The molecule has 0 saturated carbocycles. The molecule has 0 spiro atoms. The molecule has 1 unspecified atom stereocenters. The third kappa shape index (κ3) is 35.0. The van der Waals surface area contributed by atoms with Crippen LogP contribution < -0.4 is 5.73 Å². The number of nitrogens with two attached hydrogens (primary N) is 1. The van der Waals surface area contributed by atoms with Gasteiger partial charge in [0.1, 0.15) is 12.6 Å². The van der Waals surface area contributed by atoms with Gasteiger partial charge >= 0.3 is 25.7 Å². The second kappa shape index (κ2) is 35.3. The van der Waals surface area contributed by atoms with Gasteiger partial charge in [-0.05, 0) is 32.1 Å². The summed E-state index contributed by atoms with van der Waals surface area (Å²) in [5.74, 6) is -2.37. The molecule has 0 aliphatic heterocycles. The quantitative estimate of drug-likeness (QED) is 0.0237. The molecule has 0 saturated heterocycles. The molecular weight excluding hydrogens is 673 g/mol. The largest absolute Gasteiger partial charge is 0.480 e. The number of phosphoric ester groups is 1. The summed E-state index contributed by atoms with van der Waals surface area (Å²) in [7, 11) is -4.71. The van der Waals surface area contributed by atoms with E-state index < -0.39 is 51.1 Å². The molecule has 0 aromatic rings. The number of carbonyl (C=O) groups is 3. The summed E-state index contributed by atoms with van der Waals surface area (Å²) in [6, 6.07) is -1.52. The Labute approximate surface area is 309 Å². The monoisotopic (exact) mass is 748 g/mol. The van der Waals surface area contributed by atoms with Crippen molar-refractivity contribution in [3.63, 3.8) is 0 Å². The molecule has 0 aromatic carbocycles. The predicted octanol–water partition coefficient (Wildman–Crippen LogP) is 10.1. The summed E-state index contributed by atoms with van der Waals surface area (Å²) in [5, 5.41) is 8.86. The van der Waals surface area contributed by atoms with Crippen LogP contribution in [0.3, 0.4) is 0 Å². The van der Waals surface area contributed by atoms with Crippen LogP contribution >= 0.6 is 7.82 Å². The van der Waals surface area contributed by atoms with Gasteiger partial charge in [0.15, 0.2) is 6.10 Å². The molecule has 51 heavy (non-hydrogen) atoms. The van der Waals surface area contributed by atoms with Crippen molar-refractivity contribution < 1.29 is 47.5 Å². The van der Waals surface area contributed by atoms with E-state index in [9.17, 15) is 23.8 Å². The summed E-state index contributed by atoms with van der Waals surface area (Å²) in [4.78, 5) is 45.8. The Morgan fingerprint density at radius 3 is 1.49 bits per heavy atom. The molecule has 0 bridgehead atoms. The van der Waals surface area contributed by atoms with Crippen molar-refractivity contribution in [3.8, 4) is 0 Å². The summed E-state index contributed by atoms with van der Waals surface area (Å²) >= 11 is 0. The second-order valence-electron chi connectivity index (χ2n) is 13.8. The van der Waals surface area contributed by atoms with Gasteiger partial charge in [-0.25, -0.2) is 4.57 Å². The van der Waals surface area contributed by atoms with Crippen molar-refractivity contribution in [1.82, 2.24) is 0 Å². The number of unbranched alkanes of at least 4 members (excludes halogenated alkanes) is 22. The Morgan fingerprint density at radius 1 is 0.588 bits per heavy atom. The van der Waals surface area contributed by atoms with Gasteiger partial charge in [0, 0.05) is 12.8 Å². The number of ether oxygens (including phenoxy) is 2. The SMILES string of the molecule is CCCC/C=C/CCCCCCCCCCCC(=O)O[C@H](COC(=O)CCCCCCCCCCCCCC)COP(=O)(O)OC[C@H](N)C(=O)O. The zero-order valence-electron chi connectivity index (χ0n) is 32.2. The number of allylic oxidation sites excluding steroid dienone is 2. The highest BCUT2D eigenvalue weighted by Gasteiger charge is 2.28. The van der Waals surface area contributed by atoms with Crippen LogP contribution in [0.15, 0.2) is 12.2 Å². The fourth-order valence-electron chi connectivity index (χ4n) is 5.52. The molecule has 3 atom stereocenters. The van der Waals surface area contributed by atoms with E-state index in [1.807, 2.05) is 0 Å². The first-order valence-electron chi connectivity index (χ1n) is 20.2. The van der Waals surface area contributed by atoms with Gasteiger partial charge in [0.25, 0.3) is 0 Å². The number of carbonyl (C=O) groups excluding carboxylic acids is 2. The normalized spacial score (nSPS) is 14.0. The first kappa shape index (κ1) is 49.2. The van der Waals surface area contributed by atoms with Crippen LogP contribution in [0, 0.1) is 0 Å². The maximum atomic E-state index is 12.6. The number of hydrogen-bond acceptors (Lipinski definition) is 9. The Hall–Kier alpha value is -1.78. The minimum Gasteiger partial charge on any atom is -0.480 e. The Kier molecular flexibility index (Phi) is 34.0. The van der Waals surface area contributed by atoms with Crippen molar-refractivity contribution in [1.29, 1.82) is 0 Å². The topological polar surface area (TPSA) is 172 Å². The van der Waals surface area contributed by atoms with Crippen molar-refractivity contribution in [2.45, 2.75) is 199 Å². The van der Waals surface area contributed by atoms with Crippen LogP contribution in [0.4, 0.5) is 0 Å². The highest BCUT2D eigenvalue weighted by atomic mass is 31.2. The number of aliphatic carboxylic acids is 1. The van der Waals surface area contributed by atoms with Gasteiger partial charge in [-0.15, -0.1) is 0 Å². The first-order chi connectivity index (χ1) is 24.6. The lowest BCUT2D eigenvalue weighted by Gasteiger charge is -2.20. The average Bonchev–Trinajstić information content (AvgIpc) is 3.10. The van der Waals surface area contributed by atoms with Crippen molar-refractivity contribution in [3.05, 3.63) is 12.2 Å². The molecule has 11 nitrogen and oxygen atoms in total. The fourth-order valence-corrected chi connectivity index (χ4v) is 6.29. The second-order valence-corrected chi connectivity index (χ2v) is 15.2. The van der Waals surface area contributed by atoms with E-state index in [0.717, 1.165) is 38.5 Å². The third-order valence-electron chi connectivity index (χ3n) is 8.76. The number of phosphoric acid groups is 1. The molecule has 0 heterocycles. The molecule has 0 aromatic heterocycles. The lowest BCUT2D eigenvalue weighted by atomic mass is 10.0. The van der Waals surface area contributed by atoms with Crippen molar-refractivity contribution in [2.24, 2.45) is 5.73 Å². The molecule has 4 N–H and O–H groups in total. The summed E-state index contributed by atoms with van der Waals surface area (Å²) in [6.07, 6.45) is 32.7. The van der Waals surface area contributed by atoms with Gasteiger partial charge in [0.05, 0.1) is 13.2 Å². The fraction of sp³-hybridized carbons (Fsp3) is 0.872. The number of hydrogen-bond donors (Lipinski definition) is 3. The van der Waals surface area contributed by atoms with E-state index >= 15 is 0 Å². The van der Waals surface area contributed by atoms with Gasteiger partial charge < -0.3 is 25.2 Å². The highest BCUT2D eigenvalue weighted by molar-refractivity contribution is 7.47. The summed E-state index contributed by atoms with van der Waals surface area (Å²) < 4.78 is 32.6. The van der Waals surface area contributed by atoms with E-state index in [-0.39, 0.29) is 19.4 Å². The lowest BCUT2D eigenvalue weighted by molar-refractivity contribution is -0.161. The van der Waals surface area contributed by atoms with Gasteiger partial charge in [0.2, 0.25) is 0 Å². The smallest absolute Gasteiger partial charge is 0.472 e. The van der Waals surface area contributed by atoms with E-state index in [0.29, 0.717) is 12.8 Å². The minimum absolute atomic E-state index is 0.163. The molecular formula is C39H74NO10P. The van der Waals surface area contributed by atoms with Gasteiger partial charge in [-0.1, -0.05) is 154 Å². The molecule has 0 rings (SSSR count). The highest BCUT2D eigenvalue weighted by Crippen LogP contribution is 2.43. The van der Waals surface area contributed by atoms with Gasteiger partial charge in [-0.2, -0.15) is 0 Å². The van der Waals surface area contributed by atoms with E-state index in [4.69, 9.17) is 24.8 Å². The molecule has 0 aliphatic rings. The maximum absolute atomic E-state index is 12.6. The van der Waals surface area contributed by atoms with E-state index in [2.05, 4.69) is 30.5 Å². The predicted molar refractivity (Wildman–Crippen MR) is 203 cm³/mol. The minimum atomic E-state index is -4.71. The molecule has 0 amide bonds. The maximum Gasteiger partial charge on any atom is 0.472 e. The molecule has 0 aliphatic carbocycles. The lowest BCUT2D eigenvalue weighted by Crippen LogP contribution is -2.34. The Morgan fingerprint density at radius 2 is 1.00 bits per heavy atom. The summed E-state index contributed by atoms with van der Waals surface area (Å²) in [5.41, 5.74) is 5.32. The number of rotatable bonds is 38. The van der Waals surface area contributed by atoms with Crippen LogP contribution in [0.5, 0.6) is 0 Å². The number of esters is 2. The van der Waals surface area contributed by atoms with Crippen LogP contribution in [0.2, 0.25) is 0 Å². The zero-order chi connectivity index (χ0) is 37.8. The van der Waals surface area contributed by atoms with Crippen molar-refractivity contribution >= 4 is 25.7 Å². The van der Waals surface area contributed by atoms with Gasteiger partial charge in [-0.3, -0.25) is 23.4 Å². The number of carboxylic acids is 1. The zero-order valence-corrected chi connectivity index (χ0v) is 33.1. The molecule has 0 radical (unpaired) electrons. The van der Waals surface area contributed by atoms with Crippen LogP contribution in [0.1, 0.15) is 187 Å². The third-order valence-corrected chi connectivity index (χ3v) is 9.71. The first-order valence-corrected chi connectivity index (χ1v) is 21.7. The summed E-state index contributed by atoms with van der Waals surface area (Å²) in [6.45, 7) is 2.77. The molecule has 300 valence electrons. The van der Waals surface area contributed by atoms with E-state index in [1.165, 1.54) is 109 Å². The average molecular weight is 748 g/mol. The van der Waals surface area contributed by atoms with Crippen molar-refractivity contribution in [2.75, 3.05) is 19.8 Å². The number of carboxylic acid groups (broad SMARTS) is 1. The van der Waals surface area contributed by atoms with Crippen LogP contribution in [0.25, 0.3) is 0 Å². The van der Waals surface area contributed by atoms with E-state index in [1.54, 1.807) is 0 Å². The van der Waals surface area contributed by atoms with Crippen LogP contribution in [-0.2, 0) is 37.5 Å². The van der Waals surface area contributed by atoms with Crippen LogP contribution in [-0.4, -0.2) is 59.9 Å². The molecule has 12 heteroatoms. The standard InChI is InChI=1S/C39H74NO10P/c1-3-5-7-9-11-13-15-17-18-19-21-23-25-27-29-31-38(42)50-35(33-48-51(45,46)49-34-36(40)39(43)44)32-47-37(41)30-28-26-24-22-20-16-14-12-10-8-6-4-2/h9,11,35-36H,3-8,10,12-34,40H2,1-2H3,(H,43,44)(H,45,46)/b11-9+/t35-,36+/m1/s1. The Balaban J connectivity index is 4.39.